The number of cyclic esters (lactones) is 1. The minimum atomic E-state index is -0.831. The highest BCUT2D eigenvalue weighted by molar-refractivity contribution is 5.89. The average molecular weight is 255 g/mol. The largest absolute Gasteiger partial charge is 0.425 e. The van der Waals surface area contributed by atoms with Gasteiger partial charge in [-0.25, -0.2) is 0 Å². The first-order chi connectivity index (χ1) is 8.56. The zero-order valence-electron chi connectivity index (χ0n) is 10.3. The third kappa shape index (κ3) is 4.20. The van der Waals surface area contributed by atoms with Gasteiger partial charge in [-0.2, -0.15) is 0 Å². The molecule has 1 N–H and O–H groups in total. The van der Waals surface area contributed by atoms with Crippen molar-refractivity contribution in [2.24, 2.45) is 5.92 Å². The minimum Gasteiger partial charge on any atom is -0.425 e. The molecule has 18 heavy (non-hydrogen) atoms. The number of rotatable bonds is 6. The number of amides is 1. The summed E-state index contributed by atoms with van der Waals surface area (Å²) in [5, 5.41) is 2.28. The molecule has 0 radical (unpaired) electrons. The van der Waals surface area contributed by atoms with E-state index in [1.165, 1.54) is 0 Å². The zero-order valence-corrected chi connectivity index (χ0v) is 10.3. The first-order valence-electron chi connectivity index (χ1n) is 5.87. The third-order valence-electron chi connectivity index (χ3n) is 2.55. The standard InChI is InChI=1S/C12H17NO5/c1-3-5-8-6-11(18-12(8)16)17-10(15)7-13-9(14)4-2/h4,8,11H,2-3,5-7H2,1H3,(H,13,14). The molecule has 1 aliphatic rings. The average Bonchev–Trinajstić information content (AvgIpc) is 2.67. The molecule has 2 unspecified atom stereocenters. The van der Waals surface area contributed by atoms with Gasteiger partial charge in [0.1, 0.15) is 6.54 Å². The van der Waals surface area contributed by atoms with Gasteiger partial charge in [-0.3, -0.25) is 14.4 Å². The van der Waals surface area contributed by atoms with E-state index in [9.17, 15) is 14.4 Å². The van der Waals surface area contributed by atoms with Crippen molar-refractivity contribution >= 4 is 17.8 Å². The van der Waals surface area contributed by atoms with Crippen LogP contribution in [0.25, 0.3) is 0 Å². The van der Waals surface area contributed by atoms with Gasteiger partial charge in [-0.1, -0.05) is 19.9 Å². The molecule has 0 aromatic carbocycles. The van der Waals surface area contributed by atoms with Gasteiger partial charge in [0.2, 0.25) is 12.2 Å². The molecule has 0 aromatic rings. The first kappa shape index (κ1) is 14.2. The van der Waals surface area contributed by atoms with Gasteiger partial charge < -0.3 is 14.8 Å². The molecule has 0 spiro atoms. The van der Waals surface area contributed by atoms with Crippen molar-refractivity contribution in [2.45, 2.75) is 32.5 Å². The van der Waals surface area contributed by atoms with E-state index in [-0.39, 0.29) is 18.4 Å². The summed E-state index contributed by atoms with van der Waals surface area (Å²) in [6, 6.07) is 0. The Morgan fingerprint density at radius 1 is 1.61 bits per heavy atom. The fourth-order valence-corrected chi connectivity index (χ4v) is 1.68. The summed E-state index contributed by atoms with van der Waals surface area (Å²) < 4.78 is 9.84. The van der Waals surface area contributed by atoms with E-state index in [4.69, 9.17) is 9.47 Å². The van der Waals surface area contributed by atoms with Crippen molar-refractivity contribution in [3.05, 3.63) is 12.7 Å². The minimum absolute atomic E-state index is 0.199. The monoisotopic (exact) mass is 255 g/mol. The molecule has 6 nitrogen and oxygen atoms in total. The van der Waals surface area contributed by atoms with Crippen LogP contribution in [0.5, 0.6) is 0 Å². The predicted octanol–water partition coefficient (Wildman–Crippen LogP) is 0.521. The normalized spacial score (nSPS) is 22.2. The first-order valence-corrected chi connectivity index (χ1v) is 5.87. The molecule has 1 fully saturated rings. The van der Waals surface area contributed by atoms with E-state index >= 15 is 0 Å². The summed E-state index contributed by atoms with van der Waals surface area (Å²) >= 11 is 0. The Morgan fingerprint density at radius 2 is 2.33 bits per heavy atom. The van der Waals surface area contributed by atoms with Gasteiger partial charge in [0.15, 0.2) is 0 Å². The van der Waals surface area contributed by atoms with Gasteiger partial charge in [-0.15, -0.1) is 0 Å². The Hall–Kier alpha value is -1.85. The molecular formula is C12H17NO5. The fourth-order valence-electron chi connectivity index (χ4n) is 1.68. The van der Waals surface area contributed by atoms with Crippen LogP contribution in [0.15, 0.2) is 12.7 Å². The van der Waals surface area contributed by atoms with Crippen LogP contribution in [-0.4, -0.2) is 30.7 Å². The lowest BCUT2D eigenvalue weighted by Gasteiger charge is -2.10. The third-order valence-corrected chi connectivity index (χ3v) is 2.55. The van der Waals surface area contributed by atoms with Crippen molar-refractivity contribution in [3.8, 4) is 0 Å². The van der Waals surface area contributed by atoms with Crippen molar-refractivity contribution in [2.75, 3.05) is 6.54 Å². The number of hydrogen-bond acceptors (Lipinski definition) is 5. The lowest BCUT2D eigenvalue weighted by molar-refractivity contribution is -0.176. The van der Waals surface area contributed by atoms with Crippen molar-refractivity contribution in [1.29, 1.82) is 0 Å². The molecule has 100 valence electrons. The van der Waals surface area contributed by atoms with Gasteiger partial charge in [0.25, 0.3) is 0 Å². The second-order valence-corrected chi connectivity index (χ2v) is 4.00. The molecule has 1 saturated heterocycles. The summed E-state index contributed by atoms with van der Waals surface area (Å²) in [6.07, 6.45) is 2.20. The Morgan fingerprint density at radius 3 is 2.94 bits per heavy atom. The highest BCUT2D eigenvalue weighted by Gasteiger charge is 2.35. The van der Waals surface area contributed by atoms with Crippen LogP contribution >= 0.6 is 0 Å². The summed E-state index contributed by atoms with van der Waals surface area (Å²) in [4.78, 5) is 33.5. The molecule has 0 aromatic heterocycles. The van der Waals surface area contributed by atoms with E-state index in [2.05, 4.69) is 11.9 Å². The molecule has 1 rings (SSSR count). The molecule has 1 heterocycles. The Bertz CT molecular complexity index is 352. The Balaban J connectivity index is 2.31. The predicted molar refractivity (Wildman–Crippen MR) is 62.2 cm³/mol. The summed E-state index contributed by atoms with van der Waals surface area (Å²) in [5.41, 5.74) is 0. The number of ether oxygens (including phenoxy) is 2. The molecule has 0 saturated carbocycles. The molecule has 1 amide bonds. The second kappa shape index (κ2) is 6.78. The number of hydrogen-bond donors (Lipinski definition) is 1. The smallest absolute Gasteiger partial charge is 0.328 e. The second-order valence-electron chi connectivity index (χ2n) is 4.00. The Labute approximate surface area is 105 Å². The van der Waals surface area contributed by atoms with Crippen molar-refractivity contribution < 1.29 is 23.9 Å². The number of carbonyl (C=O) groups excluding carboxylic acids is 3. The van der Waals surface area contributed by atoms with Crippen LogP contribution in [0.1, 0.15) is 26.2 Å². The molecular weight excluding hydrogens is 238 g/mol. The lowest BCUT2D eigenvalue weighted by atomic mass is 10.0. The zero-order chi connectivity index (χ0) is 13.5. The van der Waals surface area contributed by atoms with E-state index in [0.29, 0.717) is 6.42 Å². The number of nitrogens with one attached hydrogen (secondary N) is 1. The quantitative estimate of drug-likeness (QED) is 0.552. The molecule has 0 aliphatic carbocycles. The Kier molecular flexibility index (Phi) is 5.35. The van der Waals surface area contributed by atoms with Gasteiger partial charge in [-0.05, 0) is 12.5 Å². The number of esters is 2. The summed E-state index contributed by atoms with van der Waals surface area (Å²) in [5.74, 6) is -1.63. The molecule has 0 bridgehead atoms. The van der Waals surface area contributed by atoms with Gasteiger partial charge >= 0.3 is 11.9 Å². The van der Waals surface area contributed by atoms with Gasteiger partial charge in [0, 0.05) is 6.42 Å². The van der Waals surface area contributed by atoms with E-state index in [1.54, 1.807) is 0 Å². The molecule has 1 aliphatic heterocycles. The maximum absolute atomic E-state index is 11.4. The highest BCUT2D eigenvalue weighted by Crippen LogP contribution is 2.25. The van der Waals surface area contributed by atoms with Crippen molar-refractivity contribution in [3.63, 3.8) is 0 Å². The SMILES string of the molecule is C=CC(=O)NCC(=O)OC1CC(CCC)C(=O)O1. The highest BCUT2D eigenvalue weighted by atomic mass is 16.7. The van der Waals surface area contributed by atoms with E-state index in [0.717, 1.165) is 18.9 Å². The fraction of sp³-hybridized carbons (Fsp3) is 0.583. The van der Waals surface area contributed by atoms with Crippen LogP contribution in [0.3, 0.4) is 0 Å². The maximum Gasteiger partial charge on any atom is 0.328 e. The van der Waals surface area contributed by atoms with Crippen LogP contribution in [0.4, 0.5) is 0 Å². The van der Waals surface area contributed by atoms with Crippen LogP contribution in [0, 0.1) is 5.92 Å². The molecule has 6 heteroatoms. The van der Waals surface area contributed by atoms with Gasteiger partial charge in [0.05, 0.1) is 5.92 Å². The molecule has 2 atom stereocenters. The number of carbonyl (C=O) groups is 3. The summed E-state index contributed by atoms with van der Waals surface area (Å²) in [7, 11) is 0. The topological polar surface area (TPSA) is 81.7 Å². The van der Waals surface area contributed by atoms with E-state index < -0.39 is 18.2 Å². The van der Waals surface area contributed by atoms with E-state index in [1.807, 2.05) is 6.92 Å². The lowest BCUT2D eigenvalue weighted by Crippen LogP contribution is -2.31. The van der Waals surface area contributed by atoms with Crippen LogP contribution in [-0.2, 0) is 23.9 Å². The van der Waals surface area contributed by atoms with Crippen LogP contribution in [0.2, 0.25) is 0 Å². The maximum atomic E-state index is 11.4. The van der Waals surface area contributed by atoms with Crippen LogP contribution < -0.4 is 5.32 Å². The summed E-state index contributed by atoms with van der Waals surface area (Å²) in [6.45, 7) is 4.95. The van der Waals surface area contributed by atoms with Crippen molar-refractivity contribution in [1.82, 2.24) is 5.32 Å².